The Morgan fingerprint density at radius 2 is 2.19 bits per heavy atom. The zero-order valence-corrected chi connectivity index (χ0v) is 13.3. The number of aromatic nitrogens is 2. The number of fused-ring (bicyclic) bond motifs is 3. The van der Waals surface area contributed by atoms with Crippen molar-refractivity contribution in [2.24, 2.45) is 0 Å². The highest BCUT2D eigenvalue weighted by atomic mass is 32.2. The van der Waals surface area contributed by atoms with Crippen molar-refractivity contribution in [3.05, 3.63) is 20.8 Å². The molecule has 21 heavy (non-hydrogen) atoms. The van der Waals surface area contributed by atoms with E-state index in [9.17, 15) is 14.7 Å². The molecule has 0 saturated carbocycles. The standard InChI is InChI=1S/C14H16N2O3S2/c1-2-16-13(19)11-8-5-3-4-6-9(8)21-12(11)15-14(16)20-7-10(17)18/h2-7H2,1H3,(H,17,18)/p-1. The lowest BCUT2D eigenvalue weighted by Gasteiger charge is -2.12. The van der Waals surface area contributed by atoms with Gasteiger partial charge in [-0.05, 0) is 38.2 Å². The van der Waals surface area contributed by atoms with Crippen LogP contribution < -0.4 is 10.7 Å². The van der Waals surface area contributed by atoms with E-state index in [0.29, 0.717) is 11.7 Å². The van der Waals surface area contributed by atoms with E-state index in [4.69, 9.17) is 0 Å². The molecule has 0 radical (unpaired) electrons. The van der Waals surface area contributed by atoms with Gasteiger partial charge >= 0.3 is 0 Å². The summed E-state index contributed by atoms with van der Waals surface area (Å²) in [7, 11) is 0. The third-order valence-electron chi connectivity index (χ3n) is 3.68. The largest absolute Gasteiger partial charge is 0.549 e. The number of carbonyl (C=O) groups is 1. The molecule has 0 amide bonds. The number of aliphatic carboxylic acids is 1. The van der Waals surface area contributed by atoms with Crippen LogP contribution in [0.1, 0.15) is 30.2 Å². The van der Waals surface area contributed by atoms with E-state index >= 15 is 0 Å². The number of nitrogens with zero attached hydrogens (tertiary/aromatic N) is 2. The highest BCUT2D eigenvalue weighted by Crippen LogP contribution is 2.34. The number of rotatable bonds is 4. The Morgan fingerprint density at radius 3 is 2.90 bits per heavy atom. The SMILES string of the molecule is CCn1c(SCC(=O)[O-])nc2sc3c(c2c1=O)CCCC3. The molecule has 2 aromatic rings. The Bertz CT molecular complexity index is 764. The fraction of sp³-hybridized carbons (Fsp3) is 0.500. The van der Waals surface area contributed by atoms with Crippen molar-refractivity contribution in [2.45, 2.75) is 44.3 Å². The van der Waals surface area contributed by atoms with Crippen LogP contribution in [0.4, 0.5) is 0 Å². The second kappa shape index (κ2) is 5.81. The number of thiophene rings is 1. The summed E-state index contributed by atoms with van der Waals surface area (Å²) < 4.78 is 1.57. The van der Waals surface area contributed by atoms with E-state index in [-0.39, 0.29) is 11.3 Å². The summed E-state index contributed by atoms with van der Waals surface area (Å²) in [6.45, 7) is 2.36. The molecule has 3 rings (SSSR count). The molecule has 0 spiro atoms. The Balaban J connectivity index is 2.17. The maximum atomic E-state index is 12.7. The van der Waals surface area contributed by atoms with Gasteiger partial charge in [0.2, 0.25) is 0 Å². The van der Waals surface area contributed by atoms with Crippen LogP contribution in [0.2, 0.25) is 0 Å². The van der Waals surface area contributed by atoms with Crippen LogP contribution in [0, 0.1) is 0 Å². The van der Waals surface area contributed by atoms with Gasteiger partial charge < -0.3 is 9.90 Å². The molecule has 0 N–H and O–H groups in total. The third kappa shape index (κ3) is 2.60. The van der Waals surface area contributed by atoms with Crippen molar-refractivity contribution in [1.82, 2.24) is 9.55 Å². The van der Waals surface area contributed by atoms with Crippen LogP contribution in [0.25, 0.3) is 10.2 Å². The van der Waals surface area contributed by atoms with Crippen molar-refractivity contribution >= 4 is 39.3 Å². The van der Waals surface area contributed by atoms with E-state index in [1.54, 1.807) is 15.9 Å². The number of hydrogen-bond acceptors (Lipinski definition) is 6. The predicted molar refractivity (Wildman–Crippen MR) is 81.9 cm³/mol. The quantitative estimate of drug-likeness (QED) is 0.624. The van der Waals surface area contributed by atoms with Crippen LogP contribution in [-0.4, -0.2) is 21.3 Å². The van der Waals surface area contributed by atoms with Gasteiger partial charge in [-0.15, -0.1) is 11.3 Å². The van der Waals surface area contributed by atoms with Crippen LogP contribution in [0.15, 0.2) is 9.95 Å². The molecule has 0 fully saturated rings. The fourth-order valence-corrected chi connectivity index (χ4v) is 4.81. The van der Waals surface area contributed by atoms with Gasteiger partial charge in [-0.3, -0.25) is 9.36 Å². The number of carbonyl (C=O) groups excluding carboxylic acids is 1. The van der Waals surface area contributed by atoms with Crippen LogP contribution in [0.5, 0.6) is 0 Å². The number of hydrogen-bond donors (Lipinski definition) is 0. The molecule has 112 valence electrons. The summed E-state index contributed by atoms with van der Waals surface area (Å²) in [6, 6.07) is 0. The average Bonchev–Trinajstić information content (AvgIpc) is 2.83. The van der Waals surface area contributed by atoms with Gasteiger partial charge in [0, 0.05) is 17.2 Å². The number of aryl methyl sites for hydroxylation is 2. The fourth-order valence-electron chi connectivity index (χ4n) is 2.73. The number of carboxylic acid groups (broad SMARTS) is 1. The van der Waals surface area contributed by atoms with Gasteiger partial charge in [0.1, 0.15) is 4.83 Å². The highest BCUT2D eigenvalue weighted by Gasteiger charge is 2.21. The Labute approximate surface area is 130 Å². The summed E-state index contributed by atoms with van der Waals surface area (Å²) in [6.07, 6.45) is 4.24. The lowest BCUT2D eigenvalue weighted by Crippen LogP contribution is -2.26. The molecule has 2 aromatic heterocycles. The lowest BCUT2D eigenvalue weighted by atomic mass is 9.97. The first kappa shape index (κ1) is 14.6. The number of carboxylic acids is 1. The highest BCUT2D eigenvalue weighted by molar-refractivity contribution is 7.99. The van der Waals surface area contributed by atoms with E-state index in [0.717, 1.165) is 53.2 Å². The first-order valence-corrected chi connectivity index (χ1v) is 8.79. The first-order chi connectivity index (χ1) is 10.1. The minimum atomic E-state index is -1.15. The van der Waals surface area contributed by atoms with Gasteiger partial charge in [0.15, 0.2) is 5.16 Å². The summed E-state index contributed by atoms with van der Waals surface area (Å²) in [5.41, 5.74) is 1.13. The van der Waals surface area contributed by atoms with Gasteiger partial charge in [0.05, 0.1) is 11.4 Å². The van der Waals surface area contributed by atoms with Crippen molar-refractivity contribution in [3.63, 3.8) is 0 Å². The Hall–Kier alpha value is -1.34. The third-order valence-corrected chi connectivity index (χ3v) is 5.81. The Morgan fingerprint density at radius 1 is 1.43 bits per heavy atom. The molecular formula is C14H15N2O3S2-. The van der Waals surface area contributed by atoms with E-state index in [2.05, 4.69) is 4.98 Å². The van der Waals surface area contributed by atoms with Gasteiger partial charge in [-0.25, -0.2) is 4.98 Å². The summed E-state index contributed by atoms with van der Waals surface area (Å²) in [4.78, 5) is 29.9. The summed E-state index contributed by atoms with van der Waals surface area (Å²) in [5, 5.41) is 11.9. The normalized spacial score (nSPS) is 14.3. The van der Waals surface area contributed by atoms with Gasteiger partial charge in [-0.2, -0.15) is 0 Å². The van der Waals surface area contributed by atoms with Crippen molar-refractivity contribution in [1.29, 1.82) is 0 Å². The number of thioether (sulfide) groups is 1. The minimum Gasteiger partial charge on any atom is -0.549 e. The topological polar surface area (TPSA) is 75.0 Å². The van der Waals surface area contributed by atoms with Crippen molar-refractivity contribution in [2.75, 3.05) is 5.75 Å². The van der Waals surface area contributed by atoms with Gasteiger partial charge in [-0.1, -0.05) is 11.8 Å². The second-order valence-electron chi connectivity index (χ2n) is 5.00. The van der Waals surface area contributed by atoms with Gasteiger partial charge in [0.25, 0.3) is 5.56 Å². The minimum absolute atomic E-state index is 0.0391. The summed E-state index contributed by atoms with van der Waals surface area (Å²) in [5.74, 6) is -1.34. The molecule has 0 aromatic carbocycles. The lowest BCUT2D eigenvalue weighted by molar-refractivity contribution is -0.301. The zero-order valence-electron chi connectivity index (χ0n) is 11.7. The maximum Gasteiger partial charge on any atom is 0.263 e. The van der Waals surface area contributed by atoms with E-state index in [1.165, 1.54) is 4.88 Å². The monoisotopic (exact) mass is 323 g/mol. The smallest absolute Gasteiger partial charge is 0.263 e. The Kier molecular flexibility index (Phi) is 4.03. The molecule has 7 heteroatoms. The molecule has 0 bridgehead atoms. The molecule has 1 aliphatic rings. The predicted octanol–water partition coefficient (Wildman–Crippen LogP) is 1.20. The van der Waals surface area contributed by atoms with Crippen molar-refractivity contribution < 1.29 is 9.90 Å². The molecule has 0 aliphatic heterocycles. The first-order valence-electron chi connectivity index (χ1n) is 6.99. The molecule has 0 unspecified atom stereocenters. The van der Waals surface area contributed by atoms with E-state index in [1.807, 2.05) is 6.92 Å². The summed E-state index contributed by atoms with van der Waals surface area (Å²) >= 11 is 2.63. The maximum absolute atomic E-state index is 12.7. The molecule has 1 aliphatic carbocycles. The van der Waals surface area contributed by atoms with Crippen LogP contribution in [-0.2, 0) is 24.2 Å². The second-order valence-corrected chi connectivity index (χ2v) is 7.02. The van der Waals surface area contributed by atoms with Crippen molar-refractivity contribution in [3.8, 4) is 0 Å². The molecule has 0 atom stereocenters. The zero-order chi connectivity index (χ0) is 15.0. The molecule has 2 heterocycles. The van der Waals surface area contributed by atoms with Crippen LogP contribution in [0.3, 0.4) is 0 Å². The molecular weight excluding hydrogens is 308 g/mol. The van der Waals surface area contributed by atoms with E-state index < -0.39 is 5.97 Å². The molecule has 5 nitrogen and oxygen atoms in total. The average molecular weight is 323 g/mol. The van der Waals surface area contributed by atoms with Crippen LogP contribution >= 0.6 is 23.1 Å². The molecule has 0 saturated heterocycles.